The van der Waals surface area contributed by atoms with Crippen molar-refractivity contribution < 1.29 is 0 Å². The van der Waals surface area contributed by atoms with Gasteiger partial charge in [-0.2, -0.15) is 0 Å². The second kappa shape index (κ2) is 20.8. The van der Waals surface area contributed by atoms with Gasteiger partial charge in [0.15, 0.2) is 0 Å². The lowest BCUT2D eigenvalue weighted by Crippen LogP contribution is -2.10. The largest absolute Gasteiger partial charge is 0.310 e. The molecule has 0 radical (unpaired) electrons. The van der Waals surface area contributed by atoms with Crippen LogP contribution in [0, 0.1) is 0 Å². The number of benzene rings is 14. The van der Waals surface area contributed by atoms with E-state index in [1.165, 1.54) is 93.5 Å². The lowest BCUT2D eigenvalue weighted by atomic mass is 9.93. The fourth-order valence-corrected chi connectivity index (χ4v) is 12.3. The summed E-state index contributed by atoms with van der Waals surface area (Å²) < 4.78 is 2.46. The van der Waals surface area contributed by atoms with Gasteiger partial charge in [0.2, 0.25) is 0 Å². The number of anilines is 3. The molecule has 0 spiro atoms. The Kier molecular flexibility index (Phi) is 12.2. The number of aromatic nitrogens is 1. The summed E-state index contributed by atoms with van der Waals surface area (Å²) >= 11 is 0. The molecule has 1 heterocycles. The molecule has 0 aliphatic heterocycles. The van der Waals surface area contributed by atoms with E-state index in [1.807, 2.05) is 0 Å². The normalized spacial score (nSPS) is 11.4. The van der Waals surface area contributed by atoms with E-state index in [-0.39, 0.29) is 0 Å². The minimum absolute atomic E-state index is 1.06. The average Bonchev–Trinajstić information content (AvgIpc) is 3.97. The van der Waals surface area contributed by atoms with E-state index >= 15 is 0 Å². The molecule has 0 fully saturated rings. The zero-order chi connectivity index (χ0) is 54.3. The van der Waals surface area contributed by atoms with Gasteiger partial charge < -0.3 is 9.47 Å². The first-order chi connectivity index (χ1) is 40.6. The van der Waals surface area contributed by atoms with Crippen molar-refractivity contribution in [2.45, 2.75) is 0 Å². The van der Waals surface area contributed by atoms with Crippen LogP contribution < -0.4 is 4.90 Å². The minimum Gasteiger partial charge on any atom is -0.310 e. The van der Waals surface area contributed by atoms with Crippen molar-refractivity contribution in [2.75, 3.05) is 4.90 Å². The van der Waals surface area contributed by atoms with E-state index in [4.69, 9.17) is 0 Å². The molecule has 14 aromatic carbocycles. The van der Waals surface area contributed by atoms with E-state index in [0.29, 0.717) is 0 Å². The molecule has 0 aliphatic carbocycles. The summed E-state index contributed by atoms with van der Waals surface area (Å²) in [6.45, 7) is 0. The molecule has 0 amide bonds. The lowest BCUT2D eigenvalue weighted by molar-refractivity contribution is 1.18. The summed E-state index contributed by atoms with van der Waals surface area (Å²) in [7, 11) is 0. The van der Waals surface area contributed by atoms with Crippen LogP contribution in [0.1, 0.15) is 0 Å². The van der Waals surface area contributed by atoms with Crippen molar-refractivity contribution in [2.24, 2.45) is 0 Å². The van der Waals surface area contributed by atoms with Gasteiger partial charge in [0.1, 0.15) is 0 Å². The van der Waals surface area contributed by atoms with Crippen molar-refractivity contribution in [1.29, 1.82) is 0 Å². The molecule has 0 aliphatic rings. The zero-order valence-electron chi connectivity index (χ0n) is 45.1. The van der Waals surface area contributed by atoms with Crippen LogP contribution in [0.4, 0.5) is 17.1 Å². The topological polar surface area (TPSA) is 8.17 Å². The third-order valence-corrected chi connectivity index (χ3v) is 16.4. The van der Waals surface area contributed by atoms with Gasteiger partial charge in [0.05, 0.1) is 11.0 Å². The number of para-hydroxylation sites is 1. The van der Waals surface area contributed by atoms with E-state index in [9.17, 15) is 0 Å². The summed E-state index contributed by atoms with van der Waals surface area (Å²) in [6, 6.07) is 120. The maximum Gasteiger partial charge on any atom is 0.0553 e. The first-order valence-electron chi connectivity index (χ1n) is 28.2. The highest BCUT2D eigenvalue weighted by Crippen LogP contribution is 2.45. The molecule has 82 heavy (non-hydrogen) atoms. The molecule has 1 aromatic heterocycles. The van der Waals surface area contributed by atoms with Gasteiger partial charge in [-0.15, -0.1) is 0 Å². The quantitative estimate of drug-likeness (QED) is 0.125. The lowest BCUT2D eigenvalue weighted by Gasteiger charge is -2.26. The van der Waals surface area contributed by atoms with Crippen LogP contribution in [0.5, 0.6) is 0 Å². The Labute approximate surface area is 478 Å². The second-order valence-electron chi connectivity index (χ2n) is 21.2. The van der Waals surface area contributed by atoms with Crippen LogP contribution in [0.3, 0.4) is 0 Å². The van der Waals surface area contributed by atoms with Gasteiger partial charge in [-0.3, -0.25) is 0 Å². The van der Waals surface area contributed by atoms with Crippen LogP contribution in [-0.2, 0) is 0 Å². The smallest absolute Gasteiger partial charge is 0.0553 e. The summed E-state index contributed by atoms with van der Waals surface area (Å²) in [5.74, 6) is 0. The van der Waals surface area contributed by atoms with Gasteiger partial charge >= 0.3 is 0 Å². The molecule has 0 saturated carbocycles. The van der Waals surface area contributed by atoms with E-state index in [2.05, 4.69) is 337 Å². The monoisotopic (exact) mass is 1040 g/mol. The highest BCUT2D eigenvalue weighted by molar-refractivity contribution is 6.18. The van der Waals surface area contributed by atoms with E-state index in [1.54, 1.807) is 0 Å². The molecular weight excluding hydrogens is 989 g/mol. The molecule has 384 valence electrons. The van der Waals surface area contributed by atoms with Crippen LogP contribution in [-0.4, -0.2) is 4.57 Å². The number of fused-ring (bicyclic) bond motifs is 5. The molecule has 15 aromatic rings. The highest BCUT2D eigenvalue weighted by Gasteiger charge is 2.21. The summed E-state index contributed by atoms with van der Waals surface area (Å²) in [5.41, 5.74) is 23.2. The molecule has 2 nitrogen and oxygen atoms in total. The second-order valence-corrected chi connectivity index (χ2v) is 21.2. The van der Waals surface area contributed by atoms with Gasteiger partial charge in [0, 0.05) is 33.5 Å². The van der Waals surface area contributed by atoms with Gasteiger partial charge in [-0.05, 0) is 166 Å². The number of nitrogens with zero attached hydrogens (tertiary/aromatic N) is 2. The van der Waals surface area contributed by atoms with Crippen molar-refractivity contribution in [3.05, 3.63) is 328 Å². The summed E-state index contributed by atoms with van der Waals surface area (Å²) in [6.07, 6.45) is 0. The van der Waals surface area contributed by atoms with Crippen molar-refractivity contribution >= 4 is 60.4 Å². The van der Waals surface area contributed by atoms with Crippen LogP contribution >= 0.6 is 0 Å². The Balaban J connectivity index is 0.858. The molecular formula is C80H54N2. The summed E-state index contributed by atoms with van der Waals surface area (Å²) in [4.78, 5) is 2.40. The third kappa shape index (κ3) is 8.90. The van der Waals surface area contributed by atoms with E-state index in [0.717, 1.165) is 50.5 Å². The number of hydrogen-bond donors (Lipinski definition) is 0. The van der Waals surface area contributed by atoms with Gasteiger partial charge in [0.25, 0.3) is 0 Å². The first kappa shape index (κ1) is 48.3. The Morgan fingerprint density at radius 1 is 0.207 bits per heavy atom. The molecule has 0 bridgehead atoms. The Morgan fingerprint density at radius 2 is 0.610 bits per heavy atom. The number of hydrogen-bond acceptors (Lipinski definition) is 1. The predicted molar refractivity (Wildman–Crippen MR) is 349 cm³/mol. The van der Waals surface area contributed by atoms with Crippen molar-refractivity contribution in [3.63, 3.8) is 0 Å². The first-order valence-corrected chi connectivity index (χ1v) is 28.2. The molecule has 15 rings (SSSR count). The maximum atomic E-state index is 2.46. The zero-order valence-corrected chi connectivity index (χ0v) is 45.1. The van der Waals surface area contributed by atoms with Crippen molar-refractivity contribution in [1.82, 2.24) is 4.57 Å². The Morgan fingerprint density at radius 3 is 1.16 bits per heavy atom. The van der Waals surface area contributed by atoms with Crippen molar-refractivity contribution in [3.8, 4) is 83.6 Å². The maximum absolute atomic E-state index is 2.46. The summed E-state index contributed by atoms with van der Waals surface area (Å²) in [5, 5.41) is 7.44. The van der Waals surface area contributed by atoms with Crippen LogP contribution in [0.25, 0.3) is 127 Å². The predicted octanol–water partition coefficient (Wildman–Crippen LogP) is 22.2. The number of rotatable bonds is 11. The molecule has 0 unspecified atom stereocenters. The fourth-order valence-electron chi connectivity index (χ4n) is 12.3. The van der Waals surface area contributed by atoms with E-state index < -0.39 is 0 Å². The Bertz CT molecular complexity index is 4620. The molecule has 0 N–H and O–H groups in total. The average molecular weight is 1040 g/mol. The van der Waals surface area contributed by atoms with Crippen LogP contribution in [0.2, 0.25) is 0 Å². The molecule has 2 heteroatoms. The standard InChI is InChI=1S/C80H54N2/c1-4-17-55(18-5-1)65-45-50-76-78(53-65)82(68-26-8-3-9-27-68)79-54-67(56-19-6-2-7-20-56)52-77(80(76)79)66-25-14-28-71(51-66)81(69-46-41-59(42-47-69)57-33-37-63(38-34-57)74-31-15-23-61-21-10-12-29-72(61)74)70-48-43-60(44-49-70)58-35-39-64(40-36-58)75-32-16-24-62-22-11-13-30-73(62)75/h1-54H. The minimum atomic E-state index is 1.06. The molecule has 0 atom stereocenters. The molecule has 0 saturated heterocycles. The SMILES string of the molecule is c1ccc(-c2ccc3c4c(-c5cccc(N(c6ccc(-c7ccc(-c8cccc9ccccc89)cc7)cc6)c6ccc(-c7ccc(-c8cccc9ccccc89)cc7)cc6)c5)cc(-c5ccccc5)cc4n(-c4ccccc4)c3c2)cc1. The highest BCUT2D eigenvalue weighted by atomic mass is 15.1. The fraction of sp³-hybridized carbons (Fsp3) is 0. The Hall–Kier alpha value is -10.8. The van der Waals surface area contributed by atoms with Gasteiger partial charge in [-0.1, -0.05) is 261 Å². The third-order valence-electron chi connectivity index (χ3n) is 16.4. The van der Waals surface area contributed by atoms with Gasteiger partial charge in [-0.25, -0.2) is 0 Å². The van der Waals surface area contributed by atoms with Crippen LogP contribution in [0.15, 0.2) is 328 Å².